The number of ether oxygens (including phenoxy) is 1. The van der Waals surface area contributed by atoms with E-state index in [1.54, 1.807) is 18.3 Å². The van der Waals surface area contributed by atoms with Crippen LogP contribution in [0.25, 0.3) is 5.00 Å². The molecule has 0 saturated carbocycles. The number of thiophene rings is 1. The van der Waals surface area contributed by atoms with E-state index >= 15 is 0 Å². The summed E-state index contributed by atoms with van der Waals surface area (Å²) in [5, 5.41) is 12.8. The Balaban J connectivity index is 1.77. The molecule has 28 heavy (non-hydrogen) atoms. The lowest BCUT2D eigenvalue weighted by Gasteiger charge is -2.27. The van der Waals surface area contributed by atoms with E-state index in [4.69, 9.17) is 4.74 Å². The molecule has 7 heteroatoms. The number of nitriles is 1. The average Bonchev–Trinajstić information content (AvgIpc) is 3.33. The summed E-state index contributed by atoms with van der Waals surface area (Å²) in [6.07, 6.45) is 7.80. The first-order valence-corrected chi connectivity index (χ1v) is 10.3. The fourth-order valence-electron chi connectivity index (χ4n) is 3.24. The molecule has 148 valence electrons. The summed E-state index contributed by atoms with van der Waals surface area (Å²) in [4.78, 5) is 26.4. The Kier molecular flexibility index (Phi) is 5.90. The molecule has 6 nitrogen and oxygen atoms in total. The van der Waals surface area contributed by atoms with E-state index in [2.05, 4.69) is 11.4 Å². The first-order valence-electron chi connectivity index (χ1n) is 9.53. The van der Waals surface area contributed by atoms with Gasteiger partial charge in [-0.15, -0.1) is 11.3 Å². The van der Waals surface area contributed by atoms with Crippen LogP contribution in [-0.4, -0.2) is 28.6 Å². The van der Waals surface area contributed by atoms with Crippen molar-refractivity contribution in [2.45, 2.75) is 52.0 Å². The van der Waals surface area contributed by atoms with Gasteiger partial charge in [-0.3, -0.25) is 4.79 Å². The van der Waals surface area contributed by atoms with Crippen molar-refractivity contribution in [3.63, 3.8) is 0 Å². The third kappa shape index (κ3) is 3.97. The molecule has 0 radical (unpaired) electrons. The minimum atomic E-state index is -0.999. The molecule has 2 aromatic heterocycles. The Morgan fingerprint density at radius 3 is 2.64 bits per heavy atom. The van der Waals surface area contributed by atoms with Crippen molar-refractivity contribution in [2.24, 2.45) is 5.92 Å². The van der Waals surface area contributed by atoms with Gasteiger partial charge in [-0.2, -0.15) is 5.26 Å². The van der Waals surface area contributed by atoms with E-state index in [9.17, 15) is 14.9 Å². The summed E-state index contributed by atoms with van der Waals surface area (Å²) in [7, 11) is 0. The van der Waals surface area contributed by atoms with Gasteiger partial charge in [0.05, 0.1) is 11.6 Å². The SMILES string of the molecule is CC(C)[C@@](C)(C#N)NC(=O)COC(=O)c1c(-n2cccc2)sc2c1CCCC2. The lowest BCUT2D eigenvalue weighted by atomic mass is 9.90. The highest BCUT2D eigenvalue weighted by atomic mass is 32.1. The Morgan fingerprint density at radius 2 is 2.00 bits per heavy atom. The van der Waals surface area contributed by atoms with Crippen LogP contribution in [0.4, 0.5) is 0 Å². The van der Waals surface area contributed by atoms with Crippen LogP contribution in [-0.2, 0) is 22.4 Å². The lowest BCUT2D eigenvalue weighted by Crippen LogP contribution is -2.50. The third-order valence-corrected chi connectivity index (χ3v) is 6.62. The number of rotatable bonds is 6. The van der Waals surface area contributed by atoms with Crippen molar-refractivity contribution in [1.29, 1.82) is 5.26 Å². The van der Waals surface area contributed by atoms with E-state index in [0.29, 0.717) is 5.56 Å². The van der Waals surface area contributed by atoms with Gasteiger partial charge >= 0.3 is 5.97 Å². The first kappa shape index (κ1) is 20.2. The Morgan fingerprint density at radius 1 is 1.32 bits per heavy atom. The number of carbonyl (C=O) groups is 2. The van der Waals surface area contributed by atoms with Gasteiger partial charge in [-0.1, -0.05) is 13.8 Å². The van der Waals surface area contributed by atoms with Crippen LogP contribution in [0.3, 0.4) is 0 Å². The molecule has 1 N–H and O–H groups in total. The van der Waals surface area contributed by atoms with Gasteiger partial charge < -0.3 is 14.6 Å². The number of aryl methyl sites for hydroxylation is 1. The third-order valence-electron chi connectivity index (χ3n) is 5.32. The number of fused-ring (bicyclic) bond motifs is 1. The Labute approximate surface area is 169 Å². The fraction of sp³-hybridized carbons (Fsp3) is 0.476. The Hall–Kier alpha value is -2.59. The molecule has 1 amide bonds. The maximum absolute atomic E-state index is 12.9. The van der Waals surface area contributed by atoms with Gasteiger partial charge in [0.1, 0.15) is 10.5 Å². The molecule has 0 bridgehead atoms. The van der Waals surface area contributed by atoms with Crippen molar-refractivity contribution in [3.05, 3.63) is 40.5 Å². The molecule has 3 rings (SSSR count). The number of aromatic nitrogens is 1. The second-order valence-electron chi connectivity index (χ2n) is 7.57. The van der Waals surface area contributed by atoms with Crippen LogP contribution in [0.5, 0.6) is 0 Å². The summed E-state index contributed by atoms with van der Waals surface area (Å²) in [5.74, 6) is -1.03. The molecule has 0 aromatic carbocycles. The highest BCUT2D eigenvalue weighted by Gasteiger charge is 2.31. The van der Waals surface area contributed by atoms with E-state index in [1.165, 1.54) is 4.88 Å². The number of carbonyl (C=O) groups excluding carboxylic acids is 2. The van der Waals surface area contributed by atoms with Crippen LogP contribution in [0.1, 0.15) is 54.4 Å². The zero-order valence-electron chi connectivity index (χ0n) is 16.4. The molecular formula is C21H25N3O3S. The molecule has 0 spiro atoms. The van der Waals surface area contributed by atoms with E-state index in [0.717, 1.165) is 36.2 Å². The van der Waals surface area contributed by atoms with E-state index < -0.39 is 24.0 Å². The molecule has 1 aliphatic carbocycles. The summed E-state index contributed by atoms with van der Waals surface area (Å²) in [5.41, 5.74) is 0.617. The van der Waals surface area contributed by atoms with Gasteiger partial charge in [0.2, 0.25) is 0 Å². The van der Waals surface area contributed by atoms with Gasteiger partial charge in [0.25, 0.3) is 5.91 Å². The van der Waals surface area contributed by atoms with Crippen molar-refractivity contribution >= 4 is 23.2 Å². The van der Waals surface area contributed by atoms with E-state index in [-0.39, 0.29) is 5.92 Å². The second kappa shape index (κ2) is 8.19. The summed E-state index contributed by atoms with van der Waals surface area (Å²) in [6, 6.07) is 5.94. The number of amides is 1. The van der Waals surface area contributed by atoms with Gasteiger partial charge in [0.15, 0.2) is 6.61 Å². The predicted octanol–water partition coefficient (Wildman–Crippen LogP) is 3.63. The number of esters is 1. The van der Waals surface area contributed by atoms with Gasteiger partial charge in [-0.25, -0.2) is 4.79 Å². The molecule has 2 aromatic rings. The predicted molar refractivity (Wildman–Crippen MR) is 108 cm³/mol. The van der Waals surface area contributed by atoms with Crippen LogP contribution >= 0.6 is 11.3 Å². The largest absolute Gasteiger partial charge is 0.452 e. The zero-order chi connectivity index (χ0) is 20.3. The standard InChI is InChI=1S/C21H25N3O3S/c1-14(2)21(3,13-22)23-17(25)12-27-20(26)18-15-8-4-5-9-16(15)28-19(18)24-10-6-7-11-24/h6-7,10-11,14H,4-5,8-9,12H2,1-3H3,(H,23,25)/t21-/m1/s1. The molecular weight excluding hydrogens is 374 g/mol. The molecule has 2 heterocycles. The van der Waals surface area contributed by atoms with Crippen molar-refractivity contribution in [1.82, 2.24) is 9.88 Å². The number of hydrogen-bond donors (Lipinski definition) is 1. The molecule has 0 saturated heterocycles. The monoisotopic (exact) mass is 399 g/mol. The van der Waals surface area contributed by atoms with Crippen LogP contribution < -0.4 is 5.32 Å². The minimum absolute atomic E-state index is 0.0682. The van der Waals surface area contributed by atoms with Gasteiger partial charge in [-0.05, 0) is 56.2 Å². The molecule has 0 fully saturated rings. The van der Waals surface area contributed by atoms with Crippen LogP contribution in [0, 0.1) is 17.2 Å². The molecule has 0 unspecified atom stereocenters. The highest BCUT2D eigenvalue weighted by molar-refractivity contribution is 7.15. The smallest absolute Gasteiger partial charge is 0.341 e. The van der Waals surface area contributed by atoms with E-state index in [1.807, 2.05) is 42.9 Å². The quantitative estimate of drug-likeness (QED) is 0.752. The minimum Gasteiger partial charge on any atom is -0.452 e. The fourth-order valence-corrected chi connectivity index (χ4v) is 4.59. The first-order chi connectivity index (χ1) is 13.4. The number of nitrogens with one attached hydrogen (secondary N) is 1. The van der Waals surface area contributed by atoms with Crippen molar-refractivity contribution < 1.29 is 14.3 Å². The van der Waals surface area contributed by atoms with Crippen LogP contribution in [0.2, 0.25) is 0 Å². The maximum atomic E-state index is 12.9. The average molecular weight is 400 g/mol. The molecule has 0 aliphatic heterocycles. The molecule has 1 atom stereocenters. The zero-order valence-corrected chi connectivity index (χ0v) is 17.3. The Bertz CT molecular complexity index is 908. The van der Waals surface area contributed by atoms with Gasteiger partial charge in [0, 0.05) is 17.3 Å². The maximum Gasteiger partial charge on any atom is 0.341 e. The van der Waals surface area contributed by atoms with Crippen molar-refractivity contribution in [2.75, 3.05) is 6.61 Å². The normalized spacial score (nSPS) is 15.4. The molecule has 1 aliphatic rings. The highest BCUT2D eigenvalue weighted by Crippen LogP contribution is 2.37. The summed E-state index contributed by atoms with van der Waals surface area (Å²) in [6.45, 7) is 4.97. The van der Waals surface area contributed by atoms with Crippen LogP contribution in [0.15, 0.2) is 24.5 Å². The number of hydrogen-bond acceptors (Lipinski definition) is 5. The second-order valence-corrected chi connectivity index (χ2v) is 8.66. The summed E-state index contributed by atoms with van der Waals surface area (Å²) < 4.78 is 7.28. The number of nitrogens with zero attached hydrogens (tertiary/aromatic N) is 2. The summed E-state index contributed by atoms with van der Waals surface area (Å²) >= 11 is 1.62. The topological polar surface area (TPSA) is 84.1 Å². The lowest BCUT2D eigenvalue weighted by molar-refractivity contribution is -0.125. The van der Waals surface area contributed by atoms with Crippen molar-refractivity contribution in [3.8, 4) is 11.1 Å².